The Labute approximate surface area is 243 Å². The van der Waals surface area contributed by atoms with Crippen molar-refractivity contribution < 1.29 is 17.1 Å². The average Bonchev–Trinajstić information content (AvgIpc) is 3.50. The molecule has 0 bridgehead atoms. The zero-order chi connectivity index (χ0) is 26.5. The molecule has 2 fully saturated rings. The predicted octanol–water partition coefficient (Wildman–Crippen LogP) is 8.96. The predicted molar refractivity (Wildman–Crippen MR) is 165 cm³/mol. The van der Waals surface area contributed by atoms with Crippen LogP contribution in [-0.4, -0.2) is 16.0 Å². The quantitative estimate of drug-likeness (QED) is 0.249. The zero-order valence-electron chi connectivity index (χ0n) is 24.1. The van der Waals surface area contributed by atoms with Crippen molar-refractivity contribution in [2.24, 2.45) is 0 Å². The molecule has 0 unspecified atom stereocenters. The second-order valence-electron chi connectivity index (χ2n) is 11.6. The van der Waals surface area contributed by atoms with E-state index in [9.17, 15) is 0 Å². The third kappa shape index (κ3) is 8.65. The van der Waals surface area contributed by atoms with Crippen LogP contribution >= 0.6 is 15.8 Å². The molecule has 0 amide bonds. The summed E-state index contributed by atoms with van der Waals surface area (Å²) in [4.78, 5) is 0. The van der Waals surface area contributed by atoms with Crippen LogP contribution in [0, 0.1) is 76.8 Å². The van der Waals surface area contributed by atoms with E-state index in [1.807, 2.05) is 32.1 Å². The molecule has 4 rings (SSSR count). The molecule has 0 heterocycles. The standard InChI is InChI=1S/C29H39P2.C5H5.Fe/c1-21-15-10-12-18-25(21)30(26-19-13-11-16-22(26)2)23(3)24-17-14-20-27(24)31(28(4,5)6)29(7,8)9;1-2-4-5-3-1;/h10-20,23H,1-9H3;1-5H;/t23-;;/m0../s1. The van der Waals surface area contributed by atoms with Crippen molar-refractivity contribution in [1.29, 1.82) is 0 Å². The second-order valence-corrected chi connectivity index (χ2v) is 17.9. The Morgan fingerprint density at radius 3 is 1.38 bits per heavy atom. The molecule has 2 aliphatic rings. The Balaban J connectivity index is 0.000000716. The van der Waals surface area contributed by atoms with Crippen LogP contribution in [0.25, 0.3) is 0 Å². The van der Waals surface area contributed by atoms with Gasteiger partial charge in [-0.15, -0.1) is 0 Å². The van der Waals surface area contributed by atoms with Gasteiger partial charge in [0.1, 0.15) is 0 Å². The maximum Gasteiger partial charge on any atom is 0.0125 e. The van der Waals surface area contributed by atoms with Gasteiger partial charge in [-0.05, 0) is 117 Å². The van der Waals surface area contributed by atoms with Crippen LogP contribution in [0.4, 0.5) is 0 Å². The van der Waals surface area contributed by atoms with Crippen molar-refractivity contribution in [1.82, 2.24) is 0 Å². The van der Waals surface area contributed by atoms with E-state index in [2.05, 4.69) is 130 Å². The summed E-state index contributed by atoms with van der Waals surface area (Å²) >= 11 is 0. The number of hydrogen-bond donors (Lipinski definition) is 0. The van der Waals surface area contributed by atoms with Gasteiger partial charge >= 0.3 is 0 Å². The van der Waals surface area contributed by atoms with Gasteiger partial charge < -0.3 is 0 Å². The van der Waals surface area contributed by atoms with E-state index in [4.69, 9.17) is 0 Å². The van der Waals surface area contributed by atoms with E-state index in [1.54, 1.807) is 11.6 Å². The normalized spacial score (nSPS) is 18.0. The molecule has 0 nitrogen and oxygen atoms in total. The molecule has 3 heteroatoms. The van der Waals surface area contributed by atoms with Crippen LogP contribution in [0.2, 0.25) is 0 Å². The molecule has 2 aromatic carbocycles. The Bertz CT molecular complexity index is 884. The monoisotopic (exact) mass is 570 g/mol. The van der Waals surface area contributed by atoms with Gasteiger partial charge in [0.25, 0.3) is 0 Å². The minimum atomic E-state index is -0.507. The molecule has 0 spiro atoms. The van der Waals surface area contributed by atoms with Crippen LogP contribution in [0.3, 0.4) is 0 Å². The van der Waals surface area contributed by atoms with Gasteiger partial charge in [0.2, 0.25) is 0 Å². The Kier molecular flexibility index (Phi) is 12.9. The van der Waals surface area contributed by atoms with E-state index >= 15 is 0 Å². The molecule has 0 saturated heterocycles. The fourth-order valence-electron chi connectivity index (χ4n) is 5.38. The van der Waals surface area contributed by atoms with Crippen molar-refractivity contribution in [2.75, 3.05) is 0 Å². The molecule has 10 radical (unpaired) electrons. The Morgan fingerprint density at radius 2 is 1.00 bits per heavy atom. The van der Waals surface area contributed by atoms with E-state index in [1.165, 1.54) is 21.7 Å². The van der Waals surface area contributed by atoms with Crippen molar-refractivity contribution in [3.05, 3.63) is 123 Å². The first-order valence-corrected chi connectivity index (χ1v) is 15.8. The summed E-state index contributed by atoms with van der Waals surface area (Å²) in [6, 6.07) is 18.0. The summed E-state index contributed by atoms with van der Waals surface area (Å²) in [7, 11) is -0.828. The molecule has 37 heavy (non-hydrogen) atoms. The molecule has 0 N–H and O–H groups in total. The number of rotatable bonds is 5. The first-order valence-electron chi connectivity index (χ1n) is 13.1. The van der Waals surface area contributed by atoms with Crippen molar-refractivity contribution in [2.45, 2.75) is 78.3 Å². The summed E-state index contributed by atoms with van der Waals surface area (Å²) in [6.07, 6.45) is 17.1. The minimum Gasteiger partial charge on any atom is -0.0874 e. The molecule has 0 aromatic heterocycles. The Hall–Kier alpha value is -0.181. The van der Waals surface area contributed by atoms with Gasteiger partial charge in [0.05, 0.1) is 0 Å². The van der Waals surface area contributed by atoms with E-state index in [0.717, 1.165) is 0 Å². The molecular weight excluding hydrogens is 526 g/mol. The first-order chi connectivity index (χ1) is 16.9. The van der Waals surface area contributed by atoms with E-state index in [0.29, 0.717) is 5.66 Å². The van der Waals surface area contributed by atoms with Gasteiger partial charge in [-0.1, -0.05) is 105 Å². The SMILES string of the molecule is Cc1ccccc1P(c1ccccc1C)[C@@H](C)[C]1[CH][CH][CH][C]1P(C(C)(C)C)C(C)(C)C.[CH]1[CH][CH][CH][CH]1.[Fe]. The van der Waals surface area contributed by atoms with Crippen LogP contribution in [0.1, 0.15) is 59.6 Å². The second kappa shape index (κ2) is 14.5. The smallest absolute Gasteiger partial charge is 0.0125 e. The van der Waals surface area contributed by atoms with E-state index in [-0.39, 0.29) is 35.3 Å². The Morgan fingerprint density at radius 1 is 0.595 bits per heavy atom. The molecule has 2 aromatic rings. The minimum absolute atomic E-state index is 0. The molecule has 1 atom stereocenters. The van der Waals surface area contributed by atoms with Gasteiger partial charge in [-0.25, -0.2) is 0 Å². The van der Waals surface area contributed by atoms with Gasteiger partial charge in [0.15, 0.2) is 0 Å². The van der Waals surface area contributed by atoms with Crippen LogP contribution in [-0.2, 0) is 17.1 Å². The summed E-state index contributed by atoms with van der Waals surface area (Å²) in [5, 5.41) is 3.57. The molecule has 2 aliphatic carbocycles. The number of benzene rings is 2. The third-order valence-electron chi connectivity index (χ3n) is 6.55. The van der Waals surface area contributed by atoms with Crippen molar-refractivity contribution in [3.63, 3.8) is 0 Å². The first kappa shape index (κ1) is 33.0. The van der Waals surface area contributed by atoms with Crippen molar-refractivity contribution >= 4 is 26.5 Å². The zero-order valence-corrected chi connectivity index (χ0v) is 27.0. The van der Waals surface area contributed by atoms with Crippen molar-refractivity contribution in [3.8, 4) is 0 Å². The molecule has 0 aliphatic heterocycles. The van der Waals surface area contributed by atoms with Crippen LogP contribution in [0.15, 0.2) is 48.5 Å². The summed E-state index contributed by atoms with van der Waals surface area (Å²) < 4.78 is 0. The fourth-order valence-corrected chi connectivity index (χ4v) is 12.7. The number of hydrogen-bond acceptors (Lipinski definition) is 0. The number of aryl methyl sites for hydroxylation is 2. The maximum atomic E-state index is 2.47. The van der Waals surface area contributed by atoms with E-state index < -0.39 is 7.92 Å². The molecule has 198 valence electrons. The topological polar surface area (TPSA) is 0 Å². The summed E-state index contributed by atoms with van der Waals surface area (Å²) in [5.74, 6) is 1.56. The molecular formula is C34H44FeP2. The summed E-state index contributed by atoms with van der Waals surface area (Å²) in [5.41, 5.74) is 4.89. The maximum absolute atomic E-state index is 2.47. The molecule has 2 saturated carbocycles. The van der Waals surface area contributed by atoms with Crippen LogP contribution in [0.5, 0.6) is 0 Å². The fraction of sp³-hybridized carbons (Fsp3) is 0.353. The van der Waals surface area contributed by atoms with Gasteiger partial charge in [-0.2, -0.15) is 0 Å². The largest absolute Gasteiger partial charge is 0.0874 e. The summed E-state index contributed by atoms with van der Waals surface area (Å²) in [6.45, 7) is 21.6. The van der Waals surface area contributed by atoms with Crippen LogP contribution < -0.4 is 10.6 Å². The van der Waals surface area contributed by atoms with Gasteiger partial charge in [0, 0.05) is 22.7 Å². The average molecular weight is 571 g/mol. The van der Waals surface area contributed by atoms with Gasteiger partial charge in [-0.3, -0.25) is 0 Å². The third-order valence-corrected chi connectivity index (χ3v) is 13.2.